The van der Waals surface area contributed by atoms with Gasteiger partial charge in [-0.05, 0) is 25.3 Å². The van der Waals surface area contributed by atoms with Crippen molar-refractivity contribution in [3.05, 3.63) is 18.0 Å². The van der Waals surface area contributed by atoms with Gasteiger partial charge < -0.3 is 14.4 Å². The van der Waals surface area contributed by atoms with E-state index in [0.29, 0.717) is 44.3 Å². The lowest BCUT2D eigenvalue weighted by Gasteiger charge is -2.07. The molecular formula is C14H26N2O4S. The number of ether oxygens (including phenoxy) is 1. The van der Waals surface area contributed by atoms with Crippen LogP contribution >= 0.6 is 0 Å². The maximum atomic E-state index is 12.1. The van der Waals surface area contributed by atoms with Crippen molar-refractivity contribution in [2.24, 2.45) is 5.92 Å². The van der Waals surface area contributed by atoms with Crippen LogP contribution in [-0.4, -0.2) is 37.8 Å². The van der Waals surface area contributed by atoms with Crippen molar-refractivity contribution in [1.82, 2.24) is 9.29 Å². The number of nitrogens with one attached hydrogen (secondary N) is 1. The molecule has 21 heavy (non-hydrogen) atoms. The van der Waals surface area contributed by atoms with Crippen molar-refractivity contribution in [3.63, 3.8) is 0 Å². The molecule has 0 amide bonds. The number of aliphatic hydroxyl groups is 1. The van der Waals surface area contributed by atoms with E-state index in [4.69, 9.17) is 4.74 Å². The van der Waals surface area contributed by atoms with Crippen LogP contribution in [0.5, 0.6) is 0 Å². The van der Waals surface area contributed by atoms with Crippen LogP contribution in [0, 0.1) is 5.92 Å². The molecule has 0 aliphatic heterocycles. The first-order valence-corrected chi connectivity index (χ1v) is 8.76. The van der Waals surface area contributed by atoms with E-state index < -0.39 is 10.0 Å². The highest BCUT2D eigenvalue weighted by molar-refractivity contribution is 7.89. The lowest BCUT2D eigenvalue weighted by molar-refractivity contribution is 0.108. The highest BCUT2D eigenvalue weighted by Crippen LogP contribution is 2.14. The van der Waals surface area contributed by atoms with Crippen LogP contribution in [0.25, 0.3) is 0 Å². The molecule has 0 bridgehead atoms. The Morgan fingerprint density at radius 3 is 2.67 bits per heavy atom. The van der Waals surface area contributed by atoms with Crippen LogP contribution in [0.15, 0.2) is 17.2 Å². The van der Waals surface area contributed by atoms with Gasteiger partial charge in [-0.2, -0.15) is 0 Å². The van der Waals surface area contributed by atoms with Gasteiger partial charge in [-0.3, -0.25) is 0 Å². The maximum Gasteiger partial charge on any atom is 0.242 e. The molecule has 0 aromatic carbocycles. The molecule has 122 valence electrons. The van der Waals surface area contributed by atoms with Gasteiger partial charge in [0.2, 0.25) is 10.0 Å². The fraction of sp³-hybridized carbons (Fsp3) is 0.714. The van der Waals surface area contributed by atoms with E-state index in [2.05, 4.69) is 18.6 Å². The molecule has 1 aromatic rings. The molecule has 0 aliphatic rings. The summed E-state index contributed by atoms with van der Waals surface area (Å²) in [6.07, 6.45) is 2.18. The predicted molar refractivity (Wildman–Crippen MR) is 81.5 cm³/mol. The molecule has 7 heteroatoms. The molecule has 0 spiro atoms. The van der Waals surface area contributed by atoms with Crippen LogP contribution < -0.4 is 4.72 Å². The van der Waals surface area contributed by atoms with Crippen LogP contribution in [0.2, 0.25) is 0 Å². The normalized spacial score (nSPS) is 12.2. The summed E-state index contributed by atoms with van der Waals surface area (Å²) < 4.78 is 33.9. The quantitative estimate of drug-likeness (QED) is 0.638. The molecule has 6 nitrogen and oxygen atoms in total. The second-order valence-electron chi connectivity index (χ2n) is 5.33. The van der Waals surface area contributed by atoms with Gasteiger partial charge in [0.25, 0.3) is 0 Å². The summed E-state index contributed by atoms with van der Waals surface area (Å²) in [6.45, 7) is 8.05. The Morgan fingerprint density at radius 2 is 2.14 bits per heavy atom. The van der Waals surface area contributed by atoms with Gasteiger partial charge in [0.15, 0.2) is 0 Å². The average molecular weight is 318 g/mol. The van der Waals surface area contributed by atoms with E-state index in [1.54, 1.807) is 10.8 Å². The van der Waals surface area contributed by atoms with Gasteiger partial charge in [0, 0.05) is 38.2 Å². The summed E-state index contributed by atoms with van der Waals surface area (Å²) in [7, 11) is -3.52. The van der Waals surface area contributed by atoms with E-state index in [1.807, 2.05) is 6.92 Å². The lowest BCUT2D eigenvalue weighted by Crippen LogP contribution is -2.25. The van der Waals surface area contributed by atoms with Crippen molar-refractivity contribution in [1.29, 1.82) is 0 Å². The molecule has 1 rings (SSSR count). The Hall–Kier alpha value is -0.890. The number of aliphatic hydroxyl groups excluding tert-OH is 1. The van der Waals surface area contributed by atoms with Crippen molar-refractivity contribution < 1.29 is 18.3 Å². The number of hydrogen-bond acceptors (Lipinski definition) is 4. The number of nitrogens with zero attached hydrogens (tertiary/aromatic N) is 1. The molecular weight excluding hydrogens is 292 g/mol. The Morgan fingerprint density at radius 1 is 1.43 bits per heavy atom. The summed E-state index contributed by atoms with van der Waals surface area (Å²) in [6, 6.07) is 1.50. The minimum Gasteiger partial charge on any atom is -0.390 e. The molecule has 0 saturated carbocycles. The number of rotatable bonds is 10. The molecule has 2 N–H and O–H groups in total. The van der Waals surface area contributed by atoms with E-state index in [-0.39, 0.29) is 11.5 Å². The summed E-state index contributed by atoms with van der Waals surface area (Å²) >= 11 is 0. The van der Waals surface area contributed by atoms with Gasteiger partial charge in [-0.15, -0.1) is 0 Å². The molecule has 1 heterocycles. The van der Waals surface area contributed by atoms with Gasteiger partial charge in [0.1, 0.15) is 0 Å². The molecule has 0 fully saturated rings. The summed E-state index contributed by atoms with van der Waals surface area (Å²) in [5, 5.41) is 9.19. The number of hydrogen-bond donors (Lipinski definition) is 2. The third-order valence-electron chi connectivity index (χ3n) is 2.98. The van der Waals surface area contributed by atoms with Crippen LogP contribution in [0.4, 0.5) is 0 Å². The Bertz CT molecular complexity index is 502. The van der Waals surface area contributed by atoms with Crippen LogP contribution in [0.3, 0.4) is 0 Å². The standard InChI is InChI=1S/C14H26N2O4S/c1-4-16-9-14(8-13(16)10-17)21(18,19)15-6-5-7-20-11-12(2)3/h8-9,12,15,17H,4-7,10-11H2,1-3H3. The first-order chi connectivity index (χ1) is 9.90. The third-order valence-corrected chi connectivity index (χ3v) is 4.41. The van der Waals surface area contributed by atoms with Crippen LogP contribution in [0.1, 0.15) is 32.9 Å². The highest BCUT2D eigenvalue weighted by Gasteiger charge is 2.17. The number of aryl methyl sites for hydroxylation is 1. The maximum absolute atomic E-state index is 12.1. The zero-order valence-corrected chi connectivity index (χ0v) is 13.8. The summed E-state index contributed by atoms with van der Waals surface area (Å²) in [5.41, 5.74) is 0.596. The molecule has 0 atom stereocenters. The largest absolute Gasteiger partial charge is 0.390 e. The van der Waals surface area contributed by atoms with Gasteiger partial charge in [-0.25, -0.2) is 13.1 Å². The third kappa shape index (κ3) is 5.78. The van der Waals surface area contributed by atoms with Crippen molar-refractivity contribution in [2.45, 2.75) is 45.2 Å². The topological polar surface area (TPSA) is 80.6 Å². The molecule has 0 radical (unpaired) electrons. The molecule has 1 aromatic heterocycles. The van der Waals surface area contributed by atoms with E-state index in [9.17, 15) is 13.5 Å². The van der Waals surface area contributed by atoms with Gasteiger partial charge >= 0.3 is 0 Å². The van der Waals surface area contributed by atoms with E-state index in [1.165, 1.54) is 6.07 Å². The highest BCUT2D eigenvalue weighted by atomic mass is 32.2. The first-order valence-electron chi connectivity index (χ1n) is 7.28. The Labute approximate surface area is 127 Å². The smallest absolute Gasteiger partial charge is 0.242 e. The van der Waals surface area contributed by atoms with Gasteiger partial charge in [0.05, 0.1) is 11.5 Å². The van der Waals surface area contributed by atoms with E-state index in [0.717, 1.165) is 0 Å². The number of sulfonamides is 1. The fourth-order valence-corrected chi connectivity index (χ4v) is 3.02. The SMILES string of the molecule is CCn1cc(S(=O)(=O)NCCCOCC(C)C)cc1CO. The lowest BCUT2D eigenvalue weighted by atomic mass is 10.2. The second kappa shape index (κ2) is 8.53. The molecule has 0 unspecified atom stereocenters. The zero-order valence-electron chi connectivity index (χ0n) is 13.0. The molecule has 0 saturated heterocycles. The van der Waals surface area contributed by atoms with Crippen molar-refractivity contribution in [2.75, 3.05) is 19.8 Å². The summed E-state index contributed by atoms with van der Waals surface area (Å²) in [4.78, 5) is 0.191. The Kier molecular flexibility index (Phi) is 7.37. The minimum atomic E-state index is -3.52. The second-order valence-corrected chi connectivity index (χ2v) is 7.10. The minimum absolute atomic E-state index is 0.174. The first kappa shape index (κ1) is 18.2. The fourth-order valence-electron chi connectivity index (χ4n) is 1.88. The number of aromatic nitrogens is 1. The van der Waals surface area contributed by atoms with Gasteiger partial charge in [-0.1, -0.05) is 13.8 Å². The Balaban J connectivity index is 2.48. The summed E-state index contributed by atoms with van der Waals surface area (Å²) in [5.74, 6) is 0.479. The average Bonchev–Trinajstić information content (AvgIpc) is 2.86. The van der Waals surface area contributed by atoms with Crippen molar-refractivity contribution >= 4 is 10.0 Å². The van der Waals surface area contributed by atoms with Crippen molar-refractivity contribution in [3.8, 4) is 0 Å². The van der Waals surface area contributed by atoms with E-state index >= 15 is 0 Å². The predicted octanol–water partition coefficient (Wildman–Crippen LogP) is 1.34. The monoisotopic (exact) mass is 318 g/mol. The van der Waals surface area contributed by atoms with Crippen LogP contribution in [-0.2, 0) is 27.9 Å². The molecule has 0 aliphatic carbocycles. The zero-order chi connectivity index (χ0) is 15.9.